The highest BCUT2D eigenvalue weighted by Gasteiger charge is 2.30. The molecule has 7 heteroatoms. The number of amides is 2. The fourth-order valence-electron chi connectivity index (χ4n) is 3.29. The van der Waals surface area contributed by atoms with Crippen LogP contribution in [0.2, 0.25) is 5.02 Å². The van der Waals surface area contributed by atoms with Crippen molar-refractivity contribution in [2.24, 2.45) is 0 Å². The molecule has 1 N–H and O–H groups in total. The zero-order valence-corrected chi connectivity index (χ0v) is 17.6. The van der Waals surface area contributed by atoms with Gasteiger partial charge in [0.05, 0.1) is 6.04 Å². The summed E-state index contributed by atoms with van der Waals surface area (Å²) >= 11 is 6.38. The van der Waals surface area contributed by atoms with Gasteiger partial charge in [0.15, 0.2) is 0 Å². The number of benzene rings is 2. The lowest BCUT2D eigenvalue weighted by Crippen LogP contribution is -2.48. The van der Waals surface area contributed by atoms with Gasteiger partial charge in [-0.15, -0.1) is 12.4 Å². The zero-order valence-electron chi connectivity index (χ0n) is 16.0. The maximum atomic E-state index is 13.2. The van der Waals surface area contributed by atoms with Crippen molar-refractivity contribution in [3.05, 3.63) is 70.2 Å². The van der Waals surface area contributed by atoms with Crippen molar-refractivity contribution in [1.82, 2.24) is 15.1 Å². The molecule has 0 radical (unpaired) electrons. The monoisotopic (exact) mass is 421 g/mol. The summed E-state index contributed by atoms with van der Waals surface area (Å²) in [6, 6.07) is 14.4. The number of nitrogens with one attached hydrogen (secondary N) is 1. The second-order valence-corrected chi connectivity index (χ2v) is 7.05. The fourth-order valence-corrected chi connectivity index (χ4v) is 3.55. The van der Waals surface area contributed by atoms with Gasteiger partial charge in [-0.3, -0.25) is 9.59 Å². The van der Waals surface area contributed by atoms with Gasteiger partial charge < -0.3 is 15.1 Å². The Morgan fingerprint density at radius 1 is 1.18 bits per heavy atom. The standard InChI is InChI=1S/C21H24ClN3O2.ClH/c1-3-24(2)20(26)15-7-6-8-16(13-15)21(27)25-12-11-23-14-19(25)17-9-4-5-10-18(17)22;/h4-10,13,19,23H,3,11-12,14H2,1-2H3;1H. The van der Waals surface area contributed by atoms with Crippen LogP contribution in [0.1, 0.15) is 39.2 Å². The Morgan fingerprint density at radius 3 is 2.61 bits per heavy atom. The first-order chi connectivity index (χ1) is 13.0. The van der Waals surface area contributed by atoms with Crippen molar-refractivity contribution >= 4 is 35.8 Å². The van der Waals surface area contributed by atoms with E-state index < -0.39 is 0 Å². The molecule has 3 rings (SSSR count). The molecule has 1 heterocycles. The normalized spacial score (nSPS) is 16.2. The molecule has 5 nitrogen and oxygen atoms in total. The van der Waals surface area contributed by atoms with E-state index >= 15 is 0 Å². The van der Waals surface area contributed by atoms with Gasteiger partial charge in [0, 0.05) is 49.4 Å². The van der Waals surface area contributed by atoms with Crippen LogP contribution in [0.25, 0.3) is 0 Å². The summed E-state index contributed by atoms with van der Waals surface area (Å²) in [6.07, 6.45) is 0. The van der Waals surface area contributed by atoms with Crippen molar-refractivity contribution in [3.63, 3.8) is 0 Å². The summed E-state index contributed by atoms with van der Waals surface area (Å²) in [6.45, 7) is 4.49. The highest BCUT2D eigenvalue weighted by atomic mass is 35.5. The number of halogens is 2. The Labute approximate surface area is 177 Å². The van der Waals surface area contributed by atoms with Crippen molar-refractivity contribution < 1.29 is 9.59 Å². The number of nitrogens with zero attached hydrogens (tertiary/aromatic N) is 2. The van der Waals surface area contributed by atoms with E-state index in [1.807, 2.05) is 36.1 Å². The first-order valence-electron chi connectivity index (χ1n) is 9.14. The summed E-state index contributed by atoms with van der Waals surface area (Å²) in [5, 5.41) is 3.99. The van der Waals surface area contributed by atoms with Gasteiger partial charge in [-0.1, -0.05) is 35.9 Å². The number of hydrogen-bond donors (Lipinski definition) is 1. The average molecular weight is 422 g/mol. The van der Waals surface area contributed by atoms with Gasteiger partial charge >= 0.3 is 0 Å². The van der Waals surface area contributed by atoms with E-state index in [0.29, 0.717) is 35.8 Å². The van der Waals surface area contributed by atoms with E-state index in [9.17, 15) is 9.59 Å². The fraction of sp³-hybridized carbons (Fsp3) is 0.333. The third-order valence-corrected chi connectivity index (χ3v) is 5.29. The molecule has 0 aliphatic carbocycles. The maximum absolute atomic E-state index is 13.2. The lowest BCUT2D eigenvalue weighted by atomic mass is 10.0. The lowest BCUT2D eigenvalue weighted by molar-refractivity contribution is 0.0634. The molecule has 1 unspecified atom stereocenters. The van der Waals surface area contributed by atoms with E-state index in [1.54, 1.807) is 36.2 Å². The minimum absolute atomic E-state index is 0. The lowest BCUT2D eigenvalue weighted by Gasteiger charge is -2.37. The van der Waals surface area contributed by atoms with E-state index in [0.717, 1.165) is 12.1 Å². The molecule has 1 atom stereocenters. The first kappa shape index (κ1) is 22.2. The summed E-state index contributed by atoms with van der Waals surface area (Å²) in [4.78, 5) is 29.1. The molecule has 1 aliphatic heterocycles. The van der Waals surface area contributed by atoms with Gasteiger partial charge in [0.1, 0.15) is 0 Å². The van der Waals surface area contributed by atoms with Crippen LogP contribution < -0.4 is 5.32 Å². The Kier molecular flexibility index (Phi) is 7.87. The van der Waals surface area contributed by atoms with Crippen molar-refractivity contribution in [2.45, 2.75) is 13.0 Å². The summed E-state index contributed by atoms with van der Waals surface area (Å²) in [5.41, 5.74) is 1.97. The molecule has 2 aromatic carbocycles. The van der Waals surface area contributed by atoms with Crippen LogP contribution in [0, 0.1) is 0 Å². The Balaban J connectivity index is 0.00000280. The van der Waals surface area contributed by atoms with Crippen molar-refractivity contribution in [1.29, 1.82) is 0 Å². The van der Waals surface area contributed by atoms with Crippen LogP contribution in [0.4, 0.5) is 0 Å². The molecule has 1 aliphatic rings. The van der Waals surface area contributed by atoms with Crippen LogP contribution in [-0.4, -0.2) is 54.8 Å². The number of rotatable bonds is 4. The molecule has 0 spiro atoms. The Bertz CT molecular complexity index is 844. The Morgan fingerprint density at radius 2 is 1.89 bits per heavy atom. The number of carbonyl (C=O) groups excluding carboxylic acids is 2. The largest absolute Gasteiger partial charge is 0.342 e. The third kappa shape index (κ3) is 4.66. The maximum Gasteiger partial charge on any atom is 0.254 e. The highest BCUT2D eigenvalue weighted by Crippen LogP contribution is 2.29. The minimum atomic E-state index is -0.141. The molecular formula is C21H25Cl2N3O2. The quantitative estimate of drug-likeness (QED) is 0.819. The molecule has 0 bridgehead atoms. The predicted octanol–water partition coefficient (Wildman–Crippen LogP) is 3.64. The summed E-state index contributed by atoms with van der Waals surface area (Å²) < 4.78 is 0. The van der Waals surface area contributed by atoms with Crippen molar-refractivity contribution in [2.75, 3.05) is 33.2 Å². The van der Waals surface area contributed by atoms with Gasteiger partial charge in [-0.2, -0.15) is 0 Å². The smallest absolute Gasteiger partial charge is 0.254 e. The second-order valence-electron chi connectivity index (χ2n) is 6.64. The average Bonchev–Trinajstić information content (AvgIpc) is 2.72. The molecule has 1 fully saturated rings. The number of carbonyl (C=O) groups is 2. The van der Waals surface area contributed by atoms with Gasteiger partial charge in [0.25, 0.3) is 11.8 Å². The summed E-state index contributed by atoms with van der Waals surface area (Å²) in [7, 11) is 1.75. The van der Waals surface area contributed by atoms with Gasteiger partial charge in [0.2, 0.25) is 0 Å². The van der Waals surface area contributed by atoms with Crippen LogP contribution in [-0.2, 0) is 0 Å². The minimum Gasteiger partial charge on any atom is -0.342 e. The van der Waals surface area contributed by atoms with Crippen LogP contribution in [0.15, 0.2) is 48.5 Å². The molecular weight excluding hydrogens is 397 g/mol. The molecule has 1 saturated heterocycles. The summed E-state index contributed by atoms with van der Waals surface area (Å²) in [5.74, 6) is -0.176. The molecule has 0 saturated carbocycles. The molecule has 150 valence electrons. The molecule has 28 heavy (non-hydrogen) atoms. The van der Waals surface area contributed by atoms with Crippen LogP contribution in [0.5, 0.6) is 0 Å². The van der Waals surface area contributed by atoms with E-state index in [-0.39, 0.29) is 30.3 Å². The van der Waals surface area contributed by atoms with Crippen molar-refractivity contribution in [3.8, 4) is 0 Å². The molecule has 2 aromatic rings. The van der Waals surface area contributed by atoms with E-state index in [1.165, 1.54) is 0 Å². The van der Waals surface area contributed by atoms with E-state index in [2.05, 4.69) is 5.32 Å². The number of piperazine rings is 1. The first-order valence-corrected chi connectivity index (χ1v) is 9.52. The number of hydrogen-bond acceptors (Lipinski definition) is 3. The van der Waals surface area contributed by atoms with E-state index in [4.69, 9.17) is 11.6 Å². The van der Waals surface area contributed by atoms with Crippen LogP contribution in [0.3, 0.4) is 0 Å². The topological polar surface area (TPSA) is 52.7 Å². The third-order valence-electron chi connectivity index (χ3n) is 4.95. The molecule has 0 aromatic heterocycles. The SMILES string of the molecule is CCN(C)C(=O)c1cccc(C(=O)N2CCNCC2c2ccccc2Cl)c1.Cl. The molecule has 2 amide bonds. The highest BCUT2D eigenvalue weighted by molar-refractivity contribution is 6.31. The van der Waals surface area contributed by atoms with Crippen LogP contribution >= 0.6 is 24.0 Å². The van der Waals surface area contributed by atoms with Gasteiger partial charge in [-0.05, 0) is 36.8 Å². The van der Waals surface area contributed by atoms with Gasteiger partial charge in [-0.25, -0.2) is 0 Å². The zero-order chi connectivity index (χ0) is 19.4. The second kappa shape index (κ2) is 9.92. The predicted molar refractivity (Wildman–Crippen MR) is 114 cm³/mol. The Hall–Kier alpha value is -2.08.